The number of fused-ring (bicyclic) bond motifs is 1. The molecule has 0 bridgehead atoms. The predicted molar refractivity (Wildman–Crippen MR) is 80.7 cm³/mol. The zero-order valence-electron chi connectivity index (χ0n) is 10.5. The van der Waals surface area contributed by atoms with Crippen molar-refractivity contribution in [3.05, 3.63) is 65.2 Å². The molecule has 20 heavy (non-hydrogen) atoms. The summed E-state index contributed by atoms with van der Waals surface area (Å²) in [7, 11) is 0. The summed E-state index contributed by atoms with van der Waals surface area (Å²) >= 11 is 6.29. The molecule has 3 nitrogen and oxygen atoms in total. The molecule has 1 aromatic heterocycles. The molecule has 1 amide bonds. The number of nitrogens with two attached hydrogens (primary N) is 1. The van der Waals surface area contributed by atoms with Gasteiger partial charge in [-0.2, -0.15) is 0 Å². The zero-order valence-corrected chi connectivity index (χ0v) is 11.3. The number of nitrogens with zero attached hydrogens (tertiary/aromatic N) is 1. The van der Waals surface area contributed by atoms with Gasteiger partial charge in [0.1, 0.15) is 0 Å². The molecule has 0 radical (unpaired) electrons. The summed E-state index contributed by atoms with van der Waals surface area (Å²) < 4.78 is 0. The molecule has 3 rings (SSSR count). The summed E-state index contributed by atoms with van der Waals surface area (Å²) in [6.45, 7) is 0. The van der Waals surface area contributed by atoms with E-state index in [4.69, 9.17) is 17.3 Å². The van der Waals surface area contributed by atoms with E-state index in [2.05, 4.69) is 4.98 Å². The van der Waals surface area contributed by atoms with E-state index in [1.54, 1.807) is 18.2 Å². The van der Waals surface area contributed by atoms with E-state index < -0.39 is 5.91 Å². The molecule has 0 saturated heterocycles. The normalized spacial score (nSPS) is 10.7. The SMILES string of the molecule is NC(=O)c1ccc2c(Cl)cc(-c3ccccc3)nc2c1. The van der Waals surface area contributed by atoms with Crippen molar-refractivity contribution in [2.24, 2.45) is 5.73 Å². The van der Waals surface area contributed by atoms with Gasteiger partial charge in [0.15, 0.2) is 0 Å². The van der Waals surface area contributed by atoms with Crippen molar-refractivity contribution in [3.63, 3.8) is 0 Å². The van der Waals surface area contributed by atoms with Crippen LogP contribution in [0.4, 0.5) is 0 Å². The second kappa shape index (κ2) is 4.94. The van der Waals surface area contributed by atoms with Crippen LogP contribution in [0.1, 0.15) is 10.4 Å². The Morgan fingerprint density at radius 1 is 1.05 bits per heavy atom. The van der Waals surface area contributed by atoms with Gasteiger partial charge in [-0.3, -0.25) is 4.79 Å². The molecule has 98 valence electrons. The fourth-order valence-corrected chi connectivity index (χ4v) is 2.36. The predicted octanol–water partition coefficient (Wildman–Crippen LogP) is 3.65. The van der Waals surface area contributed by atoms with Gasteiger partial charge >= 0.3 is 0 Å². The Morgan fingerprint density at radius 3 is 2.50 bits per heavy atom. The van der Waals surface area contributed by atoms with Gasteiger partial charge in [-0.25, -0.2) is 4.98 Å². The van der Waals surface area contributed by atoms with Crippen LogP contribution in [0.2, 0.25) is 5.02 Å². The minimum atomic E-state index is -0.477. The van der Waals surface area contributed by atoms with E-state index in [0.717, 1.165) is 16.6 Å². The molecule has 2 N–H and O–H groups in total. The van der Waals surface area contributed by atoms with Crippen LogP contribution in [0.3, 0.4) is 0 Å². The zero-order chi connectivity index (χ0) is 14.1. The minimum Gasteiger partial charge on any atom is -0.366 e. The summed E-state index contributed by atoms with van der Waals surface area (Å²) in [6.07, 6.45) is 0. The molecule has 0 aliphatic heterocycles. The molecule has 2 aromatic carbocycles. The lowest BCUT2D eigenvalue weighted by Crippen LogP contribution is -2.10. The van der Waals surface area contributed by atoms with Gasteiger partial charge in [-0.1, -0.05) is 48.0 Å². The van der Waals surface area contributed by atoms with Crippen LogP contribution in [0.15, 0.2) is 54.6 Å². The lowest BCUT2D eigenvalue weighted by Gasteiger charge is -2.06. The van der Waals surface area contributed by atoms with Crippen LogP contribution in [0.25, 0.3) is 22.2 Å². The molecule has 0 unspecified atom stereocenters. The summed E-state index contributed by atoms with van der Waals surface area (Å²) in [5.74, 6) is -0.477. The van der Waals surface area contributed by atoms with Crippen LogP contribution >= 0.6 is 11.6 Å². The molecule has 0 aliphatic carbocycles. The number of benzene rings is 2. The molecular weight excluding hydrogens is 272 g/mol. The topological polar surface area (TPSA) is 56.0 Å². The first kappa shape index (κ1) is 12.6. The average Bonchev–Trinajstić information content (AvgIpc) is 2.47. The largest absolute Gasteiger partial charge is 0.366 e. The van der Waals surface area contributed by atoms with E-state index in [1.165, 1.54) is 0 Å². The first-order valence-corrected chi connectivity index (χ1v) is 6.48. The highest BCUT2D eigenvalue weighted by molar-refractivity contribution is 6.35. The third-order valence-corrected chi connectivity index (χ3v) is 3.43. The van der Waals surface area contributed by atoms with Gasteiger partial charge in [-0.05, 0) is 18.2 Å². The number of amides is 1. The fraction of sp³-hybridized carbons (Fsp3) is 0. The van der Waals surface area contributed by atoms with Crippen LogP contribution < -0.4 is 5.73 Å². The van der Waals surface area contributed by atoms with E-state index in [9.17, 15) is 4.79 Å². The number of rotatable bonds is 2. The maximum absolute atomic E-state index is 11.2. The van der Waals surface area contributed by atoms with Crippen molar-refractivity contribution < 1.29 is 4.79 Å². The Hall–Kier alpha value is -2.39. The summed E-state index contributed by atoms with van der Waals surface area (Å²) in [5, 5.41) is 1.40. The maximum Gasteiger partial charge on any atom is 0.248 e. The Kier molecular flexibility index (Phi) is 3.12. The maximum atomic E-state index is 11.2. The summed E-state index contributed by atoms with van der Waals surface area (Å²) in [4.78, 5) is 15.8. The number of primary amides is 1. The summed E-state index contributed by atoms with van der Waals surface area (Å²) in [5.41, 5.74) is 8.12. The van der Waals surface area contributed by atoms with Gasteiger partial charge in [0.05, 0.1) is 16.2 Å². The number of aromatic nitrogens is 1. The number of hydrogen-bond donors (Lipinski definition) is 1. The molecule has 0 spiro atoms. The smallest absolute Gasteiger partial charge is 0.248 e. The van der Waals surface area contributed by atoms with E-state index in [-0.39, 0.29) is 0 Å². The van der Waals surface area contributed by atoms with Crippen molar-refractivity contribution in [2.45, 2.75) is 0 Å². The van der Waals surface area contributed by atoms with Gasteiger partial charge in [0, 0.05) is 16.5 Å². The van der Waals surface area contributed by atoms with Crippen LogP contribution in [-0.4, -0.2) is 10.9 Å². The lowest BCUT2D eigenvalue weighted by molar-refractivity contribution is 0.100. The number of carbonyl (C=O) groups excluding carboxylic acids is 1. The Bertz CT molecular complexity index is 800. The number of carbonyl (C=O) groups is 1. The van der Waals surface area contributed by atoms with E-state index in [0.29, 0.717) is 16.1 Å². The van der Waals surface area contributed by atoms with E-state index >= 15 is 0 Å². The lowest BCUT2D eigenvalue weighted by atomic mass is 10.1. The molecule has 0 fully saturated rings. The molecule has 4 heteroatoms. The summed E-state index contributed by atoms with van der Waals surface area (Å²) in [6, 6.07) is 16.6. The van der Waals surface area contributed by atoms with Crippen LogP contribution in [0.5, 0.6) is 0 Å². The number of halogens is 1. The Labute approximate surface area is 121 Å². The third-order valence-electron chi connectivity index (χ3n) is 3.11. The fourth-order valence-electron chi connectivity index (χ4n) is 2.10. The molecule has 3 aromatic rings. The number of hydrogen-bond acceptors (Lipinski definition) is 2. The van der Waals surface area contributed by atoms with Crippen molar-refractivity contribution in [3.8, 4) is 11.3 Å². The average molecular weight is 283 g/mol. The number of pyridine rings is 1. The highest BCUT2D eigenvalue weighted by Gasteiger charge is 2.08. The van der Waals surface area contributed by atoms with Gasteiger partial charge in [-0.15, -0.1) is 0 Å². The molecule has 0 aliphatic rings. The molecule has 0 atom stereocenters. The van der Waals surface area contributed by atoms with Crippen LogP contribution in [0, 0.1) is 0 Å². The Morgan fingerprint density at radius 2 is 1.80 bits per heavy atom. The van der Waals surface area contributed by atoms with Crippen molar-refractivity contribution in [1.29, 1.82) is 0 Å². The highest BCUT2D eigenvalue weighted by Crippen LogP contribution is 2.28. The van der Waals surface area contributed by atoms with Gasteiger partial charge in [0.25, 0.3) is 0 Å². The van der Waals surface area contributed by atoms with Crippen LogP contribution in [-0.2, 0) is 0 Å². The Balaban J connectivity index is 2.24. The molecule has 0 saturated carbocycles. The minimum absolute atomic E-state index is 0.422. The molecule has 1 heterocycles. The van der Waals surface area contributed by atoms with E-state index in [1.807, 2.05) is 36.4 Å². The highest BCUT2D eigenvalue weighted by atomic mass is 35.5. The first-order chi connectivity index (χ1) is 9.65. The van der Waals surface area contributed by atoms with Crippen molar-refractivity contribution >= 4 is 28.4 Å². The van der Waals surface area contributed by atoms with Crippen molar-refractivity contribution in [2.75, 3.05) is 0 Å². The van der Waals surface area contributed by atoms with Gasteiger partial charge < -0.3 is 5.73 Å². The second-order valence-electron chi connectivity index (χ2n) is 4.45. The first-order valence-electron chi connectivity index (χ1n) is 6.11. The quantitative estimate of drug-likeness (QED) is 0.780. The van der Waals surface area contributed by atoms with Gasteiger partial charge in [0.2, 0.25) is 5.91 Å². The second-order valence-corrected chi connectivity index (χ2v) is 4.86. The third kappa shape index (κ3) is 2.24. The van der Waals surface area contributed by atoms with Crippen molar-refractivity contribution in [1.82, 2.24) is 4.98 Å². The standard InChI is InChI=1S/C16H11ClN2O/c17-13-9-14(10-4-2-1-3-5-10)19-15-8-11(16(18)20)6-7-12(13)15/h1-9H,(H2,18,20). The molecular formula is C16H11ClN2O. The monoisotopic (exact) mass is 282 g/mol.